The monoisotopic (exact) mass is 690 g/mol. The highest BCUT2D eigenvalue weighted by atomic mass is 16.7. The molecule has 13 nitrogen and oxygen atoms in total. The number of unbranched alkanes of at least 4 members (excludes halogenated alkanes) is 5. The van der Waals surface area contributed by atoms with Gasteiger partial charge in [0.05, 0.1) is 25.4 Å². The standard InChI is InChI=1S/C36H50O13/c1-3-4-5-6-7-14-19-43-36-33(49-34(42)25-17-12-9-13-18-25)32(44-21-24-15-10-8-11-16-24)31(46-23(2)38)27(48-36)22-45-35-30(41)29(40)28(39)26(20-37)47-35/h8-13,15-18,26-33,35-37,39-41H,3-7,14,19-22H2,1-2H3/t26-,27-,28-,29+,30+,31-,32+,33+,35+,36-/m1/s1. The van der Waals surface area contributed by atoms with E-state index >= 15 is 0 Å². The lowest BCUT2D eigenvalue weighted by atomic mass is 9.97. The molecule has 0 aliphatic carbocycles. The summed E-state index contributed by atoms with van der Waals surface area (Å²) < 4.78 is 42.1. The second kappa shape index (κ2) is 20.0. The molecule has 4 rings (SSSR count). The summed E-state index contributed by atoms with van der Waals surface area (Å²) in [6.07, 6.45) is -7.27. The molecule has 0 saturated carbocycles. The van der Waals surface area contributed by atoms with Gasteiger partial charge in [-0.15, -0.1) is 0 Å². The Hall–Kier alpha value is -2.98. The minimum absolute atomic E-state index is 0.0626. The van der Waals surface area contributed by atoms with Crippen LogP contribution < -0.4 is 0 Å². The minimum atomic E-state index is -1.67. The van der Waals surface area contributed by atoms with Crippen molar-refractivity contribution < 1.29 is 63.2 Å². The van der Waals surface area contributed by atoms with Crippen molar-refractivity contribution in [3.8, 4) is 0 Å². The number of esters is 2. The number of carbonyl (C=O) groups is 2. The van der Waals surface area contributed by atoms with E-state index in [9.17, 15) is 30.0 Å². The highest BCUT2D eigenvalue weighted by molar-refractivity contribution is 5.89. The van der Waals surface area contributed by atoms with E-state index in [0.717, 1.165) is 44.1 Å². The van der Waals surface area contributed by atoms with Crippen molar-refractivity contribution in [2.75, 3.05) is 19.8 Å². The van der Waals surface area contributed by atoms with E-state index in [1.807, 2.05) is 30.3 Å². The highest BCUT2D eigenvalue weighted by Gasteiger charge is 2.52. The van der Waals surface area contributed by atoms with Crippen LogP contribution in [0.2, 0.25) is 0 Å². The highest BCUT2D eigenvalue weighted by Crippen LogP contribution is 2.32. The van der Waals surface area contributed by atoms with Gasteiger partial charge in [0.2, 0.25) is 0 Å². The summed E-state index contributed by atoms with van der Waals surface area (Å²) in [4.78, 5) is 25.9. The molecule has 0 radical (unpaired) electrons. The van der Waals surface area contributed by atoms with Crippen LogP contribution in [0, 0.1) is 0 Å². The third kappa shape index (κ3) is 11.3. The van der Waals surface area contributed by atoms with Crippen molar-refractivity contribution in [3.05, 3.63) is 71.8 Å². The Labute approximate surface area is 287 Å². The second-order valence-corrected chi connectivity index (χ2v) is 12.3. The van der Waals surface area contributed by atoms with Gasteiger partial charge in [-0.3, -0.25) is 4.79 Å². The van der Waals surface area contributed by atoms with Crippen molar-refractivity contribution >= 4 is 11.9 Å². The van der Waals surface area contributed by atoms with E-state index in [4.69, 9.17) is 33.2 Å². The Bertz CT molecular complexity index is 1250. The van der Waals surface area contributed by atoms with Crippen LogP contribution in [-0.2, 0) is 44.6 Å². The molecule has 2 saturated heterocycles. The van der Waals surface area contributed by atoms with E-state index in [2.05, 4.69) is 6.92 Å². The van der Waals surface area contributed by atoms with Gasteiger partial charge >= 0.3 is 11.9 Å². The predicted octanol–water partition coefficient (Wildman–Crippen LogP) is 2.65. The fraction of sp³-hybridized carbons (Fsp3) is 0.611. The average molecular weight is 691 g/mol. The predicted molar refractivity (Wildman–Crippen MR) is 174 cm³/mol. The fourth-order valence-electron chi connectivity index (χ4n) is 5.80. The Balaban J connectivity index is 1.61. The SMILES string of the molecule is CCCCCCCCO[C@@H]1O[C@H](CO[C@H]2O[C@H](CO)[C@@H](O)[C@H](O)[C@@H]2O)[C@@H](OC(C)=O)[C@H](OCc2ccccc2)[C@@H]1OC(=O)c1ccccc1. The molecule has 0 aromatic heterocycles. The van der Waals surface area contributed by atoms with Crippen LogP contribution in [0.25, 0.3) is 0 Å². The number of carbonyl (C=O) groups excluding carboxylic acids is 2. The van der Waals surface area contributed by atoms with Gasteiger partial charge in [-0.25, -0.2) is 4.79 Å². The van der Waals surface area contributed by atoms with Crippen molar-refractivity contribution in [1.82, 2.24) is 0 Å². The summed E-state index contributed by atoms with van der Waals surface area (Å²) in [6, 6.07) is 17.7. The maximum absolute atomic E-state index is 13.4. The molecule has 10 atom stereocenters. The molecule has 0 bridgehead atoms. The first-order chi connectivity index (χ1) is 23.7. The fourth-order valence-corrected chi connectivity index (χ4v) is 5.80. The van der Waals surface area contributed by atoms with Crippen LogP contribution >= 0.6 is 0 Å². The molecule has 272 valence electrons. The van der Waals surface area contributed by atoms with Gasteiger partial charge in [0.15, 0.2) is 24.8 Å². The Kier molecular flexibility index (Phi) is 15.9. The van der Waals surface area contributed by atoms with Gasteiger partial charge in [0, 0.05) is 13.5 Å². The largest absolute Gasteiger partial charge is 0.457 e. The Morgan fingerprint density at radius 2 is 1.35 bits per heavy atom. The third-order valence-electron chi connectivity index (χ3n) is 8.48. The number of benzene rings is 2. The molecule has 2 heterocycles. The molecule has 2 fully saturated rings. The van der Waals surface area contributed by atoms with E-state index in [0.29, 0.717) is 0 Å². The van der Waals surface area contributed by atoms with Crippen molar-refractivity contribution in [1.29, 1.82) is 0 Å². The smallest absolute Gasteiger partial charge is 0.338 e. The molecule has 2 aromatic carbocycles. The molecular formula is C36H50O13. The quantitative estimate of drug-likeness (QED) is 0.133. The summed E-state index contributed by atoms with van der Waals surface area (Å²) in [5.74, 6) is -1.33. The van der Waals surface area contributed by atoms with Crippen molar-refractivity contribution in [2.45, 2.75) is 120 Å². The molecule has 2 aliphatic heterocycles. The molecule has 0 spiro atoms. The van der Waals surface area contributed by atoms with Crippen LogP contribution in [0.5, 0.6) is 0 Å². The van der Waals surface area contributed by atoms with Crippen LogP contribution in [0.3, 0.4) is 0 Å². The first-order valence-corrected chi connectivity index (χ1v) is 17.0. The number of ether oxygens (including phenoxy) is 7. The molecule has 2 aliphatic rings. The first-order valence-electron chi connectivity index (χ1n) is 17.0. The van der Waals surface area contributed by atoms with Crippen LogP contribution in [0.15, 0.2) is 60.7 Å². The second-order valence-electron chi connectivity index (χ2n) is 12.3. The number of aliphatic hydroxyl groups excluding tert-OH is 4. The van der Waals surface area contributed by atoms with Gasteiger partial charge < -0.3 is 53.6 Å². The molecular weight excluding hydrogens is 640 g/mol. The van der Waals surface area contributed by atoms with Gasteiger partial charge in [-0.1, -0.05) is 87.6 Å². The third-order valence-corrected chi connectivity index (χ3v) is 8.48. The minimum Gasteiger partial charge on any atom is -0.457 e. The number of hydrogen-bond donors (Lipinski definition) is 4. The normalized spacial score (nSPS) is 30.1. The molecule has 49 heavy (non-hydrogen) atoms. The lowest BCUT2D eigenvalue weighted by Crippen LogP contribution is -2.63. The molecule has 2 aromatic rings. The topological polar surface area (TPSA) is 180 Å². The summed E-state index contributed by atoms with van der Waals surface area (Å²) in [5, 5.41) is 40.7. The summed E-state index contributed by atoms with van der Waals surface area (Å²) in [7, 11) is 0. The van der Waals surface area contributed by atoms with E-state index in [-0.39, 0.29) is 25.4 Å². The van der Waals surface area contributed by atoms with Gasteiger partial charge in [0.1, 0.15) is 36.6 Å². The van der Waals surface area contributed by atoms with Gasteiger partial charge in [-0.05, 0) is 24.1 Å². The lowest BCUT2D eigenvalue weighted by Gasteiger charge is -2.45. The van der Waals surface area contributed by atoms with E-state index in [1.54, 1.807) is 30.3 Å². The van der Waals surface area contributed by atoms with Crippen molar-refractivity contribution in [2.24, 2.45) is 0 Å². The summed E-state index contributed by atoms with van der Waals surface area (Å²) in [5.41, 5.74) is 1.10. The first kappa shape index (κ1) is 38.8. The van der Waals surface area contributed by atoms with Gasteiger partial charge in [0.25, 0.3) is 0 Å². The molecule has 4 N–H and O–H groups in total. The number of hydrogen-bond acceptors (Lipinski definition) is 13. The summed E-state index contributed by atoms with van der Waals surface area (Å²) >= 11 is 0. The average Bonchev–Trinajstić information content (AvgIpc) is 3.11. The summed E-state index contributed by atoms with van der Waals surface area (Å²) in [6.45, 7) is 2.70. The lowest BCUT2D eigenvalue weighted by molar-refractivity contribution is -0.334. The van der Waals surface area contributed by atoms with E-state index in [1.165, 1.54) is 6.92 Å². The van der Waals surface area contributed by atoms with E-state index < -0.39 is 80.0 Å². The Morgan fingerprint density at radius 1 is 0.694 bits per heavy atom. The number of rotatable bonds is 18. The molecule has 0 unspecified atom stereocenters. The van der Waals surface area contributed by atoms with Crippen molar-refractivity contribution in [3.63, 3.8) is 0 Å². The maximum atomic E-state index is 13.4. The van der Waals surface area contributed by atoms with Crippen LogP contribution in [0.1, 0.15) is 68.3 Å². The van der Waals surface area contributed by atoms with Crippen LogP contribution in [0.4, 0.5) is 0 Å². The Morgan fingerprint density at radius 3 is 2.02 bits per heavy atom. The molecule has 0 amide bonds. The van der Waals surface area contributed by atoms with Gasteiger partial charge in [-0.2, -0.15) is 0 Å². The number of aliphatic hydroxyl groups is 4. The van der Waals surface area contributed by atoms with Crippen LogP contribution in [-0.4, -0.2) is 114 Å². The molecule has 13 heteroatoms. The zero-order valence-corrected chi connectivity index (χ0v) is 28.1. The zero-order chi connectivity index (χ0) is 35.2. The zero-order valence-electron chi connectivity index (χ0n) is 28.1. The maximum Gasteiger partial charge on any atom is 0.338 e.